The molecule has 0 aliphatic heterocycles. The van der Waals surface area contributed by atoms with Crippen LogP contribution in [0.3, 0.4) is 0 Å². The van der Waals surface area contributed by atoms with Crippen LogP contribution in [0.5, 0.6) is 0 Å². The third kappa shape index (κ3) is 12.1. The van der Waals surface area contributed by atoms with Gasteiger partial charge in [-0.25, -0.2) is 0 Å². The van der Waals surface area contributed by atoms with Crippen molar-refractivity contribution in [2.75, 3.05) is 46.6 Å². The average Bonchev–Trinajstić information content (AvgIpc) is 2.60. The second-order valence-corrected chi connectivity index (χ2v) is 5.56. The van der Waals surface area contributed by atoms with Crippen LogP contribution in [0.1, 0.15) is 30.9 Å². The van der Waals surface area contributed by atoms with Crippen LogP contribution >= 0.6 is 24.0 Å². The molecule has 1 aromatic heterocycles. The maximum Gasteiger partial charge on any atom is 0.191 e. The van der Waals surface area contributed by atoms with E-state index >= 15 is 0 Å². The van der Waals surface area contributed by atoms with Gasteiger partial charge in [-0.1, -0.05) is 13.3 Å². The summed E-state index contributed by atoms with van der Waals surface area (Å²) in [6.07, 6.45) is 6.95. The van der Waals surface area contributed by atoms with Gasteiger partial charge in [0.15, 0.2) is 5.96 Å². The van der Waals surface area contributed by atoms with Crippen molar-refractivity contribution in [3.8, 4) is 0 Å². The van der Waals surface area contributed by atoms with Crippen molar-refractivity contribution in [2.45, 2.75) is 33.1 Å². The fourth-order valence-electron chi connectivity index (χ4n) is 2.13. The minimum atomic E-state index is 0. The predicted octanol–water partition coefficient (Wildman–Crippen LogP) is 2.55. The van der Waals surface area contributed by atoms with Crippen LogP contribution in [0.25, 0.3) is 0 Å². The Balaban J connectivity index is 0.00000576. The van der Waals surface area contributed by atoms with Crippen LogP contribution < -0.4 is 10.6 Å². The predicted molar refractivity (Wildman–Crippen MR) is 114 cm³/mol. The van der Waals surface area contributed by atoms with Gasteiger partial charge in [-0.3, -0.25) is 9.98 Å². The molecule has 1 heterocycles. The summed E-state index contributed by atoms with van der Waals surface area (Å²) in [5.41, 5.74) is 2.52. The van der Waals surface area contributed by atoms with Crippen LogP contribution in [-0.4, -0.2) is 57.5 Å². The van der Waals surface area contributed by atoms with Gasteiger partial charge in [-0.15, -0.1) is 24.0 Å². The SMILES string of the molecule is CCCCOCCOCCNC(=NC)NCCc1ccncc1C.I. The molecule has 25 heavy (non-hydrogen) atoms. The number of aryl methyl sites for hydroxylation is 1. The molecule has 0 aromatic carbocycles. The lowest BCUT2D eigenvalue weighted by molar-refractivity contribution is 0.0487. The normalized spacial score (nSPS) is 11.1. The van der Waals surface area contributed by atoms with Gasteiger partial charge in [-0.05, 0) is 37.0 Å². The second kappa shape index (κ2) is 16.5. The zero-order chi connectivity index (χ0) is 17.5. The quantitative estimate of drug-likeness (QED) is 0.216. The van der Waals surface area contributed by atoms with Crippen molar-refractivity contribution in [3.05, 3.63) is 29.6 Å². The molecule has 0 unspecified atom stereocenters. The summed E-state index contributed by atoms with van der Waals surface area (Å²) in [4.78, 5) is 8.32. The molecule has 0 spiro atoms. The van der Waals surface area contributed by atoms with Crippen molar-refractivity contribution in [3.63, 3.8) is 0 Å². The zero-order valence-corrected chi connectivity index (χ0v) is 18.0. The van der Waals surface area contributed by atoms with Gasteiger partial charge in [0.25, 0.3) is 0 Å². The number of ether oxygens (including phenoxy) is 2. The van der Waals surface area contributed by atoms with Crippen LogP contribution in [0.4, 0.5) is 0 Å². The molecule has 0 aliphatic carbocycles. The molecule has 6 nitrogen and oxygen atoms in total. The summed E-state index contributed by atoms with van der Waals surface area (Å²) in [6.45, 7) is 8.56. The first-order valence-electron chi connectivity index (χ1n) is 8.77. The number of rotatable bonds is 12. The Morgan fingerprint density at radius 3 is 2.52 bits per heavy atom. The number of hydrogen-bond acceptors (Lipinski definition) is 4. The van der Waals surface area contributed by atoms with Gasteiger partial charge < -0.3 is 20.1 Å². The third-order valence-corrected chi connectivity index (χ3v) is 3.60. The third-order valence-electron chi connectivity index (χ3n) is 3.60. The molecule has 0 aliphatic rings. The average molecular weight is 464 g/mol. The Hall–Kier alpha value is -0.930. The van der Waals surface area contributed by atoms with E-state index in [1.165, 1.54) is 11.1 Å². The minimum absolute atomic E-state index is 0. The molecular formula is C18H33IN4O2. The molecule has 0 radical (unpaired) electrons. The fraction of sp³-hybridized carbons (Fsp3) is 0.667. The van der Waals surface area contributed by atoms with Crippen molar-refractivity contribution in [1.82, 2.24) is 15.6 Å². The van der Waals surface area contributed by atoms with Gasteiger partial charge in [-0.2, -0.15) is 0 Å². The van der Waals surface area contributed by atoms with E-state index in [1.807, 2.05) is 12.4 Å². The van der Waals surface area contributed by atoms with E-state index in [0.717, 1.165) is 44.9 Å². The monoisotopic (exact) mass is 464 g/mol. The topological polar surface area (TPSA) is 67.8 Å². The summed E-state index contributed by atoms with van der Waals surface area (Å²) in [5.74, 6) is 0.796. The molecule has 0 amide bonds. The minimum Gasteiger partial charge on any atom is -0.379 e. The van der Waals surface area contributed by atoms with E-state index in [4.69, 9.17) is 9.47 Å². The second-order valence-electron chi connectivity index (χ2n) is 5.56. The molecule has 1 aromatic rings. The smallest absolute Gasteiger partial charge is 0.191 e. The van der Waals surface area contributed by atoms with Crippen molar-refractivity contribution in [2.24, 2.45) is 4.99 Å². The van der Waals surface area contributed by atoms with Gasteiger partial charge in [0.2, 0.25) is 0 Å². The lowest BCUT2D eigenvalue weighted by Gasteiger charge is -2.12. The van der Waals surface area contributed by atoms with Crippen LogP contribution in [-0.2, 0) is 15.9 Å². The molecule has 2 N–H and O–H groups in total. The Bertz CT molecular complexity index is 472. The number of aromatic nitrogens is 1. The standard InChI is InChI=1S/C18H32N4O2.HI/c1-4-5-11-23-13-14-24-12-10-22-18(19-3)21-9-7-17-6-8-20-15-16(17)2;/h6,8,15H,4-5,7,9-14H2,1-3H3,(H2,19,21,22);1H. The number of nitrogens with one attached hydrogen (secondary N) is 2. The summed E-state index contributed by atoms with van der Waals surface area (Å²) >= 11 is 0. The lowest BCUT2D eigenvalue weighted by atomic mass is 10.1. The first-order valence-corrected chi connectivity index (χ1v) is 8.77. The highest BCUT2D eigenvalue weighted by molar-refractivity contribution is 14.0. The lowest BCUT2D eigenvalue weighted by Crippen LogP contribution is -2.40. The number of guanidine groups is 1. The highest BCUT2D eigenvalue weighted by Crippen LogP contribution is 2.04. The van der Waals surface area contributed by atoms with Crippen LogP contribution in [0.2, 0.25) is 0 Å². The van der Waals surface area contributed by atoms with Crippen LogP contribution in [0.15, 0.2) is 23.5 Å². The summed E-state index contributed by atoms with van der Waals surface area (Å²) < 4.78 is 11.0. The van der Waals surface area contributed by atoms with E-state index in [-0.39, 0.29) is 24.0 Å². The number of unbranched alkanes of at least 4 members (excludes halogenated alkanes) is 1. The molecule has 0 saturated heterocycles. The molecular weight excluding hydrogens is 431 g/mol. The molecule has 1 rings (SSSR count). The van der Waals surface area contributed by atoms with E-state index in [1.54, 1.807) is 7.05 Å². The summed E-state index contributed by atoms with van der Waals surface area (Å²) in [5, 5.41) is 6.55. The molecule has 7 heteroatoms. The Labute approximate surface area is 169 Å². The molecule has 0 saturated carbocycles. The van der Waals surface area contributed by atoms with Gasteiger partial charge in [0.05, 0.1) is 19.8 Å². The van der Waals surface area contributed by atoms with Gasteiger partial charge >= 0.3 is 0 Å². The maximum absolute atomic E-state index is 5.52. The van der Waals surface area contributed by atoms with Gasteiger partial charge in [0.1, 0.15) is 0 Å². The maximum atomic E-state index is 5.52. The fourth-order valence-corrected chi connectivity index (χ4v) is 2.13. The molecule has 0 fully saturated rings. The number of nitrogens with zero attached hydrogens (tertiary/aromatic N) is 2. The number of aliphatic imine (C=N–C) groups is 1. The number of hydrogen-bond donors (Lipinski definition) is 2. The van der Waals surface area contributed by atoms with E-state index < -0.39 is 0 Å². The highest BCUT2D eigenvalue weighted by Gasteiger charge is 2.00. The van der Waals surface area contributed by atoms with Gasteiger partial charge in [0, 0.05) is 39.1 Å². The Morgan fingerprint density at radius 2 is 1.84 bits per heavy atom. The highest BCUT2D eigenvalue weighted by atomic mass is 127. The molecule has 0 atom stereocenters. The Kier molecular flexibility index (Phi) is 15.9. The summed E-state index contributed by atoms with van der Waals surface area (Å²) in [7, 11) is 1.77. The largest absolute Gasteiger partial charge is 0.379 e. The van der Waals surface area contributed by atoms with E-state index in [9.17, 15) is 0 Å². The molecule has 0 bridgehead atoms. The first-order chi connectivity index (χ1) is 11.8. The Morgan fingerprint density at radius 1 is 1.12 bits per heavy atom. The summed E-state index contributed by atoms with van der Waals surface area (Å²) in [6, 6.07) is 2.06. The first kappa shape index (κ1) is 24.1. The van der Waals surface area contributed by atoms with E-state index in [2.05, 4.69) is 40.5 Å². The molecule has 144 valence electrons. The number of halogens is 1. The van der Waals surface area contributed by atoms with Crippen molar-refractivity contribution in [1.29, 1.82) is 0 Å². The number of pyridine rings is 1. The van der Waals surface area contributed by atoms with E-state index in [0.29, 0.717) is 19.8 Å². The van der Waals surface area contributed by atoms with Crippen molar-refractivity contribution < 1.29 is 9.47 Å². The van der Waals surface area contributed by atoms with Crippen LogP contribution in [0, 0.1) is 6.92 Å². The zero-order valence-electron chi connectivity index (χ0n) is 15.7. The van der Waals surface area contributed by atoms with Crippen molar-refractivity contribution >= 4 is 29.9 Å².